The van der Waals surface area contributed by atoms with E-state index in [0.717, 1.165) is 19.6 Å². The Morgan fingerprint density at radius 1 is 1.03 bits per heavy atom. The maximum atomic E-state index is 14.1. The minimum absolute atomic E-state index is 0.000216. The first-order valence-corrected chi connectivity index (χ1v) is 11.3. The molecular formula is C25H23F6N3O5. The van der Waals surface area contributed by atoms with Crippen molar-refractivity contribution in [3.05, 3.63) is 53.2 Å². The van der Waals surface area contributed by atoms with Crippen molar-refractivity contribution in [2.45, 2.75) is 45.1 Å². The smallest absolute Gasteiger partial charge is 0.420 e. The van der Waals surface area contributed by atoms with E-state index >= 15 is 0 Å². The van der Waals surface area contributed by atoms with Gasteiger partial charge in [-0.05, 0) is 41.8 Å². The summed E-state index contributed by atoms with van der Waals surface area (Å²) in [6.07, 6.45) is -9.07. The number of carbonyl (C=O) groups is 3. The number of aromatic nitrogens is 1. The number of ether oxygens (including phenoxy) is 2. The van der Waals surface area contributed by atoms with E-state index in [1.165, 1.54) is 18.2 Å². The third-order valence-corrected chi connectivity index (χ3v) is 5.67. The number of aldehydes is 1. The average molecular weight is 559 g/mol. The van der Waals surface area contributed by atoms with Crippen LogP contribution in [-0.4, -0.2) is 41.3 Å². The molecule has 2 N–H and O–H groups in total. The predicted octanol–water partition coefficient (Wildman–Crippen LogP) is 6.04. The van der Waals surface area contributed by atoms with Crippen LogP contribution < -0.4 is 10.2 Å². The van der Waals surface area contributed by atoms with Crippen molar-refractivity contribution in [3.63, 3.8) is 0 Å². The zero-order chi connectivity index (χ0) is 29.3. The molecule has 2 aromatic carbocycles. The highest BCUT2D eigenvalue weighted by atomic mass is 19.4. The molecule has 0 radical (unpaired) electrons. The predicted molar refractivity (Wildman–Crippen MR) is 127 cm³/mol. The molecule has 0 aliphatic rings. The summed E-state index contributed by atoms with van der Waals surface area (Å²) < 4.78 is 94.1. The zero-order valence-corrected chi connectivity index (χ0v) is 21.0. The fraction of sp³-hybridized carbons (Fsp3) is 0.320. The van der Waals surface area contributed by atoms with Crippen LogP contribution in [0.5, 0.6) is 11.5 Å². The molecule has 1 aromatic heterocycles. The van der Waals surface area contributed by atoms with Crippen LogP contribution in [0.3, 0.4) is 0 Å². The van der Waals surface area contributed by atoms with Crippen molar-refractivity contribution < 1.29 is 50.2 Å². The molecule has 210 valence electrons. The molecule has 0 aliphatic heterocycles. The number of methoxy groups -OCH3 is 1. The minimum Gasteiger partial charge on any atom is -0.467 e. The number of aromatic amines is 1. The van der Waals surface area contributed by atoms with Gasteiger partial charge in [0.05, 0.1) is 12.8 Å². The zero-order valence-electron chi connectivity index (χ0n) is 21.0. The highest BCUT2D eigenvalue weighted by Gasteiger charge is 2.43. The maximum absolute atomic E-state index is 14.1. The second-order valence-electron chi connectivity index (χ2n) is 8.71. The number of rotatable bonds is 8. The molecule has 1 heterocycles. The SMILES string of the molecule is COC(=O)[C@H](C=O)N(Nc1cc(C(F)(F)F)c(Oc2ccc3[nH]cc(C(C)C)c3c2)c(C(F)(F)F)c1)C(C)=O. The molecule has 8 nitrogen and oxygen atoms in total. The summed E-state index contributed by atoms with van der Waals surface area (Å²) in [6.45, 7) is 4.57. The molecule has 1 atom stereocenters. The Kier molecular flexibility index (Phi) is 8.17. The van der Waals surface area contributed by atoms with Crippen LogP contribution in [0.25, 0.3) is 10.9 Å². The summed E-state index contributed by atoms with van der Waals surface area (Å²) in [6, 6.07) is 2.57. The number of anilines is 1. The summed E-state index contributed by atoms with van der Waals surface area (Å²) in [5.41, 5.74) is -1.15. The highest BCUT2D eigenvalue weighted by molar-refractivity contribution is 5.96. The van der Waals surface area contributed by atoms with Crippen LogP contribution in [0.1, 0.15) is 43.4 Å². The van der Waals surface area contributed by atoms with Gasteiger partial charge in [-0.25, -0.2) is 9.80 Å². The van der Waals surface area contributed by atoms with Crippen molar-refractivity contribution in [2.75, 3.05) is 12.5 Å². The van der Waals surface area contributed by atoms with Crippen molar-refractivity contribution in [1.82, 2.24) is 9.99 Å². The lowest BCUT2D eigenvalue weighted by atomic mass is 10.0. The number of nitrogens with one attached hydrogen (secondary N) is 2. The van der Waals surface area contributed by atoms with Crippen molar-refractivity contribution in [3.8, 4) is 11.5 Å². The third kappa shape index (κ3) is 6.26. The second kappa shape index (κ2) is 10.9. The Labute approximate surface area is 217 Å². The standard InChI is InChI=1S/C25H23F6N3O5/c1-12(2)17-10-32-20-6-5-15(9-16(17)20)39-22-18(24(26,27)28)7-14(8-19(22)25(29,30)31)33-34(13(3)36)21(11-35)23(37)38-4/h5-12,21,32-33H,1-4H3/t21-/m0/s1. The summed E-state index contributed by atoms with van der Waals surface area (Å²) >= 11 is 0. The first kappa shape index (κ1) is 29.3. The number of alkyl halides is 6. The summed E-state index contributed by atoms with van der Waals surface area (Å²) in [4.78, 5) is 38.2. The van der Waals surface area contributed by atoms with Gasteiger partial charge in [0.15, 0.2) is 12.0 Å². The number of benzene rings is 2. The van der Waals surface area contributed by atoms with Gasteiger partial charge in [-0.2, -0.15) is 26.3 Å². The largest absolute Gasteiger partial charge is 0.467 e. The van der Waals surface area contributed by atoms with E-state index in [4.69, 9.17) is 4.74 Å². The minimum atomic E-state index is -5.35. The lowest BCUT2D eigenvalue weighted by Crippen LogP contribution is -2.49. The number of H-pyrrole nitrogens is 1. The second-order valence-corrected chi connectivity index (χ2v) is 8.71. The first-order valence-electron chi connectivity index (χ1n) is 11.3. The van der Waals surface area contributed by atoms with E-state index in [9.17, 15) is 40.7 Å². The van der Waals surface area contributed by atoms with Crippen LogP contribution in [0.15, 0.2) is 36.5 Å². The van der Waals surface area contributed by atoms with Crippen molar-refractivity contribution >= 4 is 34.8 Å². The Hall–Kier alpha value is -4.23. The number of hydrazine groups is 1. The molecule has 14 heteroatoms. The molecule has 1 amide bonds. The number of fused-ring (bicyclic) bond motifs is 1. The van der Waals surface area contributed by atoms with Gasteiger partial charge in [-0.15, -0.1) is 0 Å². The van der Waals surface area contributed by atoms with Gasteiger partial charge in [-0.3, -0.25) is 10.2 Å². The molecule has 3 rings (SSSR count). The average Bonchev–Trinajstić information content (AvgIpc) is 3.26. The molecule has 0 unspecified atom stereocenters. The van der Waals surface area contributed by atoms with E-state index in [0.29, 0.717) is 10.9 Å². The summed E-state index contributed by atoms with van der Waals surface area (Å²) in [5.74, 6) is -4.14. The van der Waals surface area contributed by atoms with Gasteiger partial charge < -0.3 is 19.3 Å². The third-order valence-electron chi connectivity index (χ3n) is 5.67. The highest BCUT2D eigenvalue weighted by Crippen LogP contribution is 2.48. The molecule has 3 aromatic rings. The maximum Gasteiger partial charge on any atom is 0.420 e. The Bertz CT molecular complexity index is 1360. The van der Waals surface area contributed by atoms with Crippen molar-refractivity contribution in [1.29, 1.82) is 0 Å². The molecule has 0 fully saturated rings. The normalized spacial score (nSPS) is 12.8. The molecule has 0 saturated carbocycles. The summed E-state index contributed by atoms with van der Waals surface area (Å²) in [5, 5.41) is 0.810. The van der Waals surface area contributed by atoms with E-state index < -0.39 is 52.8 Å². The molecule has 0 spiro atoms. The van der Waals surface area contributed by atoms with Gasteiger partial charge in [0.25, 0.3) is 0 Å². The van der Waals surface area contributed by atoms with Crippen LogP contribution in [0.2, 0.25) is 0 Å². The quantitative estimate of drug-likeness (QED) is 0.115. The van der Waals surface area contributed by atoms with E-state index in [1.54, 1.807) is 6.20 Å². The first-order chi connectivity index (χ1) is 18.1. The molecule has 0 aliphatic carbocycles. The van der Waals surface area contributed by atoms with Gasteiger partial charge in [0.2, 0.25) is 11.9 Å². The molecule has 39 heavy (non-hydrogen) atoms. The molecule has 0 bridgehead atoms. The van der Waals surface area contributed by atoms with Crippen LogP contribution in [0.4, 0.5) is 32.0 Å². The van der Waals surface area contributed by atoms with Gasteiger partial charge in [-0.1, -0.05) is 13.8 Å². The Morgan fingerprint density at radius 3 is 2.08 bits per heavy atom. The number of carbonyl (C=O) groups excluding carboxylic acids is 3. The van der Waals surface area contributed by atoms with Crippen molar-refractivity contribution in [2.24, 2.45) is 0 Å². The number of hydrogen-bond donors (Lipinski definition) is 2. The monoisotopic (exact) mass is 559 g/mol. The van der Waals surface area contributed by atoms with Crippen LogP contribution in [-0.2, 0) is 31.5 Å². The van der Waals surface area contributed by atoms with E-state index in [2.05, 4.69) is 9.72 Å². The van der Waals surface area contributed by atoms with E-state index in [1.807, 2.05) is 19.3 Å². The number of hydrogen-bond acceptors (Lipinski definition) is 6. The topological polar surface area (TPSA) is 101 Å². The summed E-state index contributed by atoms with van der Waals surface area (Å²) in [7, 11) is 0.877. The lowest BCUT2D eigenvalue weighted by molar-refractivity contribution is -0.152. The van der Waals surface area contributed by atoms with E-state index in [-0.39, 0.29) is 35.1 Å². The molecule has 0 saturated heterocycles. The fourth-order valence-corrected chi connectivity index (χ4v) is 3.83. The van der Waals surface area contributed by atoms with Gasteiger partial charge in [0, 0.05) is 24.0 Å². The van der Waals surface area contributed by atoms with Crippen LogP contribution in [0, 0.1) is 0 Å². The Morgan fingerprint density at radius 2 is 1.62 bits per heavy atom. The number of amides is 1. The van der Waals surface area contributed by atoms with Crippen LogP contribution >= 0.6 is 0 Å². The Balaban J connectivity index is 2.18. The number of halogens is 6. The molecular weight excluding hydrogens is 536 g/mol. The van der Waals surface area contributed by atoms with Gasteiger partial charge in [0.1, 0.15) is 16.9 Å². The van der Waals surface area contributed by atoms with Gasteiger partial charge >= 0.3 is 18.3 Å². The lowest BCUT2D eigenvalue weighted by Gasteiger charge is -2.28. The fourth-order valence-electron chi connectivity index (χ4n) is 3.83. The number of esters is 1. The number of nitrogens with zero attached hydrogens (tertiary/aromatic N) is 1.